The van der Waals surface area contributed by atoms with E-state index >= 15 is 0 Å². The van der Waals surface area contributed by atoms with Gasteiger partial charge in [0, 0.05) is 6.08 Å². The van der Waals surface area contributed by atoms with Crippen LogP contribution in [0.2, 0.25) is 0 Å². The van der Waals surface area contributed by atoms with Crippen LogP contribution in [0.4, 0.5) is 0 Å². The highest BCUT2D eigenvalue weighted by Gasteiger charge is 2.06. The fourth-order valence-corrected chi connectivity index (χ4v) is 3.07. The van der Waals surface area contributed by atoms with Crippen molar-refractivity contribution in [2.45, 2.75) is 116 Å². The molecule has 0 saturated carbocycles. The van der Waals surface area contributed by atoms with Crippen LogP contribution in [0.3, 0.4) is 0 Å². The lowest BCUT2D eigenvalue weighted by Crippen LogP contribution is -2.17. The Balaban J connectivity index is 3.13. The maximum absolute atomic E-state index is 10.9. The molecule has 148 valence electrons. The molecular weight excluding hydrogens is 312 g/mol. The van der Waals surface area contributed by atoms with Crippen LogP contribution in [0.1, 0.15) is 110 Å². The van der Waals surface area contributed by atoms with E-state index in [1.54, 1.807) is 0 Å². The predicted octanol–water partition coefficient (Wildman–Crippen LogP) is 6.34. The largest absolute Gasteiger partial charge is 0.460 e. The van der Waals surface area contributed by atoms with Crippen LogP contribution in [0.15, 0.2) is 12.7 Å². The number of rotatable bonds is 19. The number of hydrogen-bond donors (Lipinski definition) is 1. The van der Waals surface area contributed by atoms with Crippen molar-refractivity contribution >= 4 is 5.97 Å². The average Bonchev–Trinajstić information content (AvgIpc) is 2.62. The monoisotopic (exact) mass is 354 g/mol. The van der Waals surface area contributed by atoms with Crippen LogP contribution in [0, 0.1) is 0 Å². The van der Waals surface area contributed by atoms with E-state index in [4.69, 9.17) is 4.74 Å². The summed E-state index contributed by atoms with van der Waals surface area (Å²) >= 11 is 0. The van der Waals surface area contributed by atoms with Gasteiger partial charge in [0.1, 0.15) is 6.61 Å². The summed E-state index contributed by atoms with van der Waals surface area (Å²) in [4.78, 5) is 10.9. The predicted molar refractivity (Wildman–Crippen MR) is 107 cm³/mol. The average molecular weight is 355 g/mol. The Kier molecular flexibility index (Phi) is 18.8. The van der Waals surface area contributed by atoms with E-state index in [-0.39, 0.29) is 6.61 Å². The molecule has 1 N–H and O–H groups in total. The van der Waals surface area contributed by atoms with E-state index in [1.165, 1.54) is 83.5 Å². The van der Waals surface area contributed by atoms with Crippen molar-refractivity contribution in [2.24, 2.45) is 0 Å². The zero-order valence-corrected chi connectivity index (χ0v) is 16.6. The fourth-order valence-electron chi connectivity index (χ4n) is 3.07. The Bertz CT molecular complexity index is 302. The standard InChI is InChI=1S/C22H42O3/c1-3-5-6-7-8-9-10-11-12-13-14-15-16-17-18-19-21(23)20-25-22(24)4-2/h4,21,23H,2-3,5-20H2,1H3. The molecule has 0 spiro atoms. The molecule has 1 atom stereocenters. The molecule has 0 rings (SSSR count). The maximum atomic E-state index is 10.9. The number of carbonyl (C=O) groups is 1. The smallest absolute Gasteiger partial charge is 0.330 e. The fraction of sp³-hybridized carbons (Fsp3) is 0.864. The molecule has 0 heterocycles. The summed E-state index contributed by atoms with van der Waals surface area (Å²) in [6.07, 6.45) is 21.4. The van der Waals surface area contributed by atoms with Crippen molar-refractivity contribution in [1.82, 2.24) is 0 Å². The molecule has 0 aromatic carbocycles. The van der Waals surface area contributed by atoms with E-state index in [1.807, 2.05) is 0 Å². The zero-order valence-electron chi connectivity index (χ0n) is 16.6. The van der Waals surface area contributed by atoms with Gasteiger partial charge < -0.3 is 9.84 Å². The minimum absolute atomic E-state index is 0.0868. The van der Waals surface area contributed by atoms with Crippen molar-refractivity contribution in [3.63, 3.8) is 0 Å². The number of esters is 1. The first-order valence-electron chi connectivity index (χ1n) is 10.7. The molecule has 3 nitrogen and oxygen atoms in total. The Morgan fingerprint density at radius 3 is 1.64 bits per heavy atom. The minimum atomic E-state index is -0.536. The quantitative estimate of drug-likeness (QED) is 0.167. The Labute approximate surface area is 156 Å². The summed E-state index contributed by atoms with van der Waals surface area (Å²) in [5, 5.41) is 9.69. The first kappa shape index (κ1) is 24.2. The molecular formula is C22H42O3. The summed E-state index contributed by atoms with van der Waals surface area (Å²) in [5.41, 5.74) is 0. The normalized spacial score (nSPS) is 12.1. The number of aliphatic hydroxyl groups is 1. The lowest BCUT2D eigenvalue weighted by atomic mass is 10.0. The van der Waals surface area contributed by atoms with E-state index in [2.05, 4.69) is 13.5 Å². The molecule has 0 amide bonds. The summed E-state index contributed by atoms with van der Waals surface area (Å²) in [6, 6.07) is 0. The molecule has 0 aromatic heterocycles. The number of ether oxygens (including phenoxy) is 1. The second-order valence-corrected chi connectivity index (χ2v) is 7.23. The van der Waals surface area contributed by atoms with Gasteiger partial charge in [0.25, 0.3) is 0 Å². The van der Waals surface area contributed by atoms with Crippen LogP contribution >= 0.6 is 0 Å². The molecule has 0 bridgehead atoms. The van der Waals surface area contributed by atoms with Crippen molar-refractivity contribution in [1.29, 1.82) is 0 Å². The molecule has 0 aliphatic rings. The van der Waals surface area contributed by atoms with E-state index in [0.717, 1.165) is 18.9 Å². The number of carbonyl (C=O) groups excluding carboxylic acids is 1. The highest BCUT2D eigenvalue weighted by atomic mass is 16.5. The van der Waals surface area contributed by atoms with Gasteiger partial charge in [0.05, 0.1) is 6.10 Å². The van der Waals surface area contributed by atoms with Gasteiger partial charge in [-0.25, -0.2) is 4.79 Å². The topological polar surface area (TPSA) is 46.5 Å². The molecule has 3 heteroatoms. The van der Waals surface area contributed by atoms with Gasteiger partial charge in [-0.15, -0.1) is 0 Å². The number of aliphatic hydroxyl groups excluding tert-OH is 1. The van der Waals surface area contributed by atoms with Crippen molar-refractivity contribution in [3.05, 3.63) is 12.7 Å². The molecule has 25 heavy (non-hydrogen) atoms. The first-order valence-corrected chi connectivity index (χ1v) is 10.7. The van der Waals surface area contributed by atoms with Gasteiger partial charge in [-0.3, -0.25) is 0 Å². The highest BCUT2D eigenvalue weighted by Crippen LogP contribution is 2.14. The molecule has 0 radical (unpaired) electrons. The third kappa shape index (κ3) is 19.3. The van der Waals surface area contributed by atoms with Gasteiger partial charge in [-0.2, -0.15) is 0 Å². The van der Waals surface area contributed by atoms with Crippen LogP contribution in [-0.4, -0.2) is 23.8 Å². The molecule has 0 saturated heterocycles. The number of unbranched alkanes of at least 4 members (excludes halogenated alkanes) is 14. The second-order valence-electron chi connectivity index (χ2n) is 7.23. The lowest BCUT2D eigenvalue weighted by Gasteiger charge is -2.10. The van der Waals surface area contributed by atoms with E-state index in [0.29, 0.717) is 6.42 Å². The first-order chi connectivity index (χ1) is 12.2. The summed E-state index contributed by atoms with van der Waals surface area (Å²) < 4.78 is 4.82. The molecule has 0 aliphatic heterocycles. The molecule has 0 aromatic rings. The Hall–Kier alpha value is -0.830. The highest BCUT2D eigenvalue weighted by molar-refractivity contribution is 5.81. The van der Waals surface area contributed by atoms with E-state index in [9.17, 15) is 9.90 Å². The third-order valence-corrected chi connectivity index (χ3v) is 4.73. The number of hydrogen-bond acceptors (Lipinski definition) is 3. The third-order valence-electron chi connectivity index (χ3n) is 4.73. The van der Waals surface area contributed by atoms with Crippen molar-refractivity contribution < 1.29 is 14.6 Å². The summed E-state index contributed by atoms with van der Waals surface area (Å²) in [5.74, 6) is -0.462. The summed E-state index contributed by atoms with van der Waals surface area (Å²) in [7, 11) is 0. The zero-order chi connectivity index (χ0) is 18.6. The Morgan fingerprint density at radius 2 is 1.24 bits per heavy atom. The van der Waals surface area contributed by atoms with Crippen LogP contribution in [0.5, 0.6) is 0 Å². The van der Waals surface area contributed by atoms with Gasteiger partial charge in [-0.1, -0.05) is 110 Å². The van der Waals surface area contributed by atoms with Crippen LogP contribution < -0.4 is 0 Å². The van der Waals surface area contributed by atoms with Crippen molar-refractivity contribution in [3.8, 4) is 0 Å². The van der Waals surface area contributed by atoms with Gasteiger partial charge in [0.15, 0.2) is 0 Å². The van der Waals surface area contributed by atoms with Gasteiger partial charge >= 0.3 is 5.97 Å². The SMILES string of the molecule is C=CC(=O)OCC(O)CCCCCCCCCCCCCCCCC. The molecule has 0 fully saturated rings. The van der Waals surface area contributed by atoms with E-state index < -0.39 is 12.1 Å². The minimum Gasteiger partial charge on any atom is -0.460 e. The molecule has 0 aliphatic carbocycles. The van der Waals surface area contributed by atoms with Gasteiger partial charge in [-0.05, 0) is 6.42 Å². The molecule has 1 unspecified atom stereocenters. The van der Waals surface area contributed by atoms with Crippen molar-refractivity contribution in [2.75, 3.05) is 6.61 Å². The van der Waals surface area contributed by atoms with Crippen LogP contribution in [0.25, 0.3) is 0 Å². The summed E-state index contributed by atoms with van der Waals surface area (Å²) in [6.45, 7) is 5.69. The lowest BCUT2D eigenvalue weighted by molar-refractivity contribution is -0.140. The van der Waals surface area contributed by atoms with Crippen LogP contribution in [-0.2, 0) is 9.53 Å². The maximum Gasteiger partial charge on any atom is 0.330 e. The van der Waals surface area contributed by atoms with Gasteiger partial charge in [0.2, 0.25) is 0 Å². The second kappa shape index (κ2) is 19.5. The Morgan fingerprint density at radius 1 is 0.840 bits per heavy atom.